The van der Waals surface area contributed by atoms with Gasteiger partial charge in [-0.2, -0.15) is 0 Å². The summed E-state index contributed by atoms with van der Waals surface area (Å²) in [6.07, 6.45) is 3.21. The third-order valence-corrected chi connectivity index (χ3v) is 6.66. The van der Waals surface area contributed by atoms with Crippen LogP contribution in [0.1, 0.15) is 27.0 Å². The minimum Gasteiger partial charge on any atom is -0.298 e. The van der Waals surface area contributed by atoms with Gasteiger partial charge in [-0.1, -0.05) is 30.0 Å². The first-order chi connectivity index (χ1) is 14.5. The molecule has 1 N–H and O–H groups in total. The Kier molecular flexibility index (Phi) is 5.97. The van der Waals surface area contributed by atoms with Crippen LogP contribution < -0.4 is 5.32 Å². The van der Waals surface area contributed by atoms with E-state index in [1.165, 1.54) is 37.8 Å². The van der Waals surface area contributed by atoms with E-state index in [4.69, 9.17) is 0 Å². The lowest BCUT2D eigenvalue weighted by Crippen LogP contribution is -2.11. The fraction of sp³-hybridized carbons (Fsp3) is 0.125. The van der Waals surface area contributed by atoms with E-state index in [-0.39, 0.29) is 5.91 Å². The standard InChI is InChI=1S/C24H21N3OS2/c1-15-6-4-5-7-21(15)30-19-12-16(2)22(17(3)13-19)20-14-29-24(26-20)27-23(28)18-8-10-25-11-9-18/h4-14H,1-3H3,(H,26,27,28). The molecule has 0 saturated carbocycles. The first-order valence-electron chi connectivity index (χ1n) is 9.53. The summed E-state index contributed by atoms with van der Waals surface area (Å²) in [5, 5.41) is 5.45. The van der Waals surface area contributed by atoms with Gasteiger partial charge in [0, 0.05) is 38.7 Å². The number of pyridine rings is 1. The molecule has 0 saturated heterocycles. The van der Waals surface area contributed by atoms with Gasteiger partial charge in [-0.3, -0.25) is 15.1 Å². The molecule has 0 aliphatic heterocycles. The smallest absolute Gasteiger partial charge is 0.257 e. The van der Waals surface area contributed by atoms with Crippen LogP contribution in [0.3, 0.4) is 0 Å². The molecule has 150 valence electrons. The van der Waals surface area contributed by atoms with E-state index in [1.807, 2.05) is 5.38 Å². The lowest BCUT2D eigenvalue weighted by molar-refractivity contribution is 0.102. The second kappa shape index (κ2) is 8.81. The fourth-order valence-electron chi connectivity index (χ4n) is 3.30. The first kappa shape index (κ1) is 20.3. The van der Waals surface area contributed by atoms with Crippen molar-refractivity contribution in [3.63, 3.8) is 0 Å². The number of amides is 1. The zero-order chi connectivity index (χ0) is 21.1. The maximum atomic E-state index is 12.4. The molecule has 2 aromatic heterocycles. The highest BCUT2D eigenvalue weighted by atomic mass is 32.2. The lowest BCUT2D eigenvalue weighted by Gasteiger charge is -2.12. The molecular weight excluding hydrogens is 410 g/mol. The number of anilines is 1. The van der Waals surface area contributed by atoms with Gasteiger partial charge >= 0.3 is 0 Å². The minimum absolute atomic E-state index is 0.184. The van der Waals surface area contributed by atoms with Crippen molar-refractivity contribution in [2.24, 2.45) is 0 Å². The van der Waals surface area contributed by atoms with Gasteiger partial charge in [0.2, 0.25) is 0 Å². The molecular formula is C24H21N3OS2. The summed E-state index contributed by atoms with van der Waals surface area (Å²) in [5.41, 5.74) is 6.17. The van der Waals surface area contributed by atoms with Crippen LogP contribution in [-0.4, -0.2) is 15.9 Å². The van der Waals surface area contributed by atoms with Crippen LogP contribution in [0.5, 0.6) is 0 Å². The van der Waals surface area contributed by atoms with E-state index < -0.39 is 0 Å². The summed E-state index contributed by atoms with van der Waals surface area (Å²) in [6, 6.07) is 16.2. The number of nitrogens with zero attached hydrogens (tertiary/aromatic N) is 2. The van der Waals surface area contributed by atoms with Gasteiger partial charge < -0.3 is 0 Å². The van der Waals surface area contributed by atoms with Crippen molar-refractivity contribution in [1.82, 2.24) is 9.97 Å². The lowest BCUT2D eigenvalue weighted by atomic mass is 10.0. The second-order valence-electron chi connectivity index (χ2n) is 7.03. The van der Waals surface area contributed by atoms with Crippen LogP contribution in [0, 0.1) is 20.8 Å². The summed E-state index contributed by atoms with van der Waals surface area (Å²) in [5.74, 6) is -0.184. The molecule has 4 aromatic rings. The molecule has 0 aliphatic rings. The number of hydrogen-bond donors (Lipinski definition) is 1. The quantitative estimate of drug-likeness (QED) is 0.390. The van der Waals surface area contributed by atoms with Gasteiger partial charge in [0.15, 0.2) is 5.13 Å². The normalized spacial score (nSPS) is 10.8. The highest BCUT2D eigenvalue weighted by Gasteiger charge is 2.14. The number of aryl methyl sites for hydroxylation is 3. The van der Waals surface area contributed by atoms with E-state index in [0.29, 0.717) is 10.7 Å². The van der Waals surface area contributed by atoms with Gasteiger partial charge in [-0.25, -0.2) is 4.98 Å². The fourth-order valence-corrected chi connectivity index (χ4v) is 5.10. The maximum absolute atomic E-state index is 12.4. The minimum atomic E-state index is -0.184. The van der Waals surface area contributed by atoms with E-state index in [1.54, 1.807) is 36.3 Å². The SMILES string of the molecule is Cc1ccccc1Sc1cc(C)c(-c2csc(NC(=O)c3ccncc3)n2)c(C)c1. The monoisotopic (exact) mass is 431 g/mol. The van der Waals surface area contributed by atoms with Gasteiger partial charge in [0.25, 0.3) is 5.91 Å². The van der Waals surface area contributed by atoms with Crippen LogP contribution in [0.2, 0.25) is 0 Å². The number of carbonyl (C=O) groups is 1. The Morgan fingerprint density at radius 1 is 0.967 bits per heavy atom. The van der Waals surface area contributed by atoms with Crippen LogP contribution in [0.15, 0.2) is 76.1 Å². The molecule has 2 heterocycles. The topological polar surface area (TPSA) is 54.9 Å². The molecule has 4 nitrogen and oxygen atoms in total. The Balaban J connectivity index is 1.56. The summed E-state index contributed by atoms with van der Waals surface area (Å²) in [7, 11) is 0. The molecule has 0 radical (unpaired) electrons. The van der Waals surface area contributed by atoms with Gasteiger partial charge in [0.1, 0.15) is 0 Å². The number of hydrogen-bond acceptors (Lipinski definition) is 5. The van der Waals surface area contributed by atoms with Crippen LogP contribution in [0.25, 0.3) is 11.3 Å². The van der Waals surface area contributed by atoms with Gasteiger partial charge in [-0.05, 0) is 67.8 Å². The average Bonchev–Trinajstić information content (AvgIpc) is 3.18. The number of benzene rings is 2. The second-order valence-corrected chi connectivity index (χ2v) is 9.00. The Bertz CT molecular complexity index is 1180. The molecule has 4 rings (SSSR count). The van der Waals surface area contributed by atoms with Crippen molar-refractivity contribution in [3.05, 3.63) is 88.6 Å². The number of rotatable bonds is 5. The van der Waals surface area contributed by atoms with Crippen molar-refractivity contribution in [2.45, 2.75) is 30.6 Å². The van der Waals surface area contributed by atoms with E-state index in [9.17, 15) is 4.79 Å². The largest absolute Gasteiger partial charge is 0.298 e. The Labute approximate surface area is 184 Å². The van der Waals surface area contributed by atoms with Crippen LogP contribution >= 0.6 is 23.1 Å². The Hall–Kier alpha value is -2.96. The summed E-state index contributed by atoms with van der Waals surface area (Å²) in [6.45, 7) is 6.35. The summed E-state index contributed by atoms with van der Waals surface area (Å²) < 4.78 is 0. The number of carbonyl (C=O) groups excluding carboxylic acids is 1. The van der Waals surface area contributed by atoms with E-state index >= 15 is 0 Å². The zero-order valence-electron chi connectivity index (χ0n) is 17.0. The van der Waals surface area contributed by atoms with E-state index in [0.717, 1.165) is 11.3 Å². The van der Waals surface area contributed by atoms with Crippen LogP contribution in [0.4, 0.5) is 5.13 Å². The molecule has 0 bridgehead atoms. The van der Waals surface area contributed by atoms with Crippen molar-refractivity contribution >= 4 is 34.1 Å². The molecule has 0 unspecified atom stereocenters. The number of nitrogens with one attached hydrogen (secondary N) is 1. The van der Waals surface area contributed by atoms with Gasteiger partial charge in [-0.15, -0.1) is 11.3 Å². The highest BCUT2D eigenvalue weighted by Crippen LogP contribution is 2.36. The molecule has 1 amide bonds. The summed E-state index contributed by atoms with van der Waals surface area (Å²) in [4.78, 5) is 23.4. The molecule has 0 atom stereocenters. The van der Waals surface area contributed by atoms with Crippen LogP contribution in [-0.2, 0) is 0 Å². The number of thiazole rings is 1. The molecule has 0 aliphatic carbocycles. The van der Waals surface area contributed by atoms with Gasteiger partial charge in [0.05, 0.1) is 5.69 Å². The molecule has 2 aromatic carbocycles. The zero-order valence-corrected chi connectivity index (χ0v) is 18.6. The predicted molar refractivity (Wildman–Crippen MR) is 125 cm³/mol. The summed E-state index contributed by atoms with van der Waals surface area (Å²) >= 11 is 3.21. The van der Waals surface area contributed by atoms with Crippen molar-refractivity contribution < 1.29 is 4.79 Å². The molecule has 6 heteroatoms. The third kappa shape index (κ3) is 4.45. The average molecular weight is 432 g/mol. The number of aromatic nitrogens is 2. The van der Waals surface area contributed by atoms with Crippen molar-refractivity contribution in [2.75, 3.05) is 5.32 Å². The van der Waals surface area contributed by atoms with E-state index in [2.05, 4.69) is 72.5 Å². The maximum Gasteiger partial charge on any atom is 0.257 e. The Morgan fingerprint density at radius 3 is 2.37 bits per heavy atom. The van der Waals surface area contributed by atoms with Crippen molar-refractivity contribution in [1.29, 1.82) is 0 Å². The third-order valence-electron chi connectivity index (χ3n) is 4.75. The highest BCUT2D eigenvalue weighted by molar-refractivity contribution is 7.99. The predicted octanol–water partition coefficient (Wildman–Crippen LogP) is 6.53. The molecule has 30 heavy (non-hydrogen) atoms. The molecule has 0 fully saturated rings. The Morgan fingerprint density at radius 2 is 1.67 bits per heavy atom. The first-order valence-corrected chi connectivity index (χ1v) is 11.2. The molecule has 0 spiro atoms. The van der Waals surface area contributed by atoms with Crippen molar-refractivity contribution in [3.8, 4) is 11.3 Å².